The molecule has 112 valence electrons. The van der Waals surface area contributed by atoms with E-state index >= 15 is 0 Å². The molecule has 4 nitrogen and oxygen atoms in total. The Labute approximate surface area is 121 Å². The molecule has 1 aromatic carbocycles. The average molecular weight is 279 g/mol. The van der Waals surface area contributed by atoms with Crippen molar-refractivity contribution in [3.8, 4) is 11.5 Å². The lowest BCUT2D eigenvalue weighted by Gasteiger charge is -2.15. The first kappa shape index (κ1) is 15.1. The highest BCUT2D eigenvalue weighted by molar-refractivity contribution is 5.44. The van der Waals surface area contributed by atoms with Crippen LogP contribution in [0.2, 0.25) is 0 Å². The number of fused-ring (bicyclic) bond motifs is 1. The van der Waals surface area contributed by atoms with E-state index in [1.165, 1.54) is 12.8 Å². The second kappa shape index (κ2) is 8.12. The van der Waals surface area contributed by atoms with E-state index < -0.39 is 0 Å². The number of ether oxygens (including phenoxy) is 3. The summed E-state index contributed by atoms with van der Waals surface area (Å²) in [6.45, 7) is 4.91. The van der Waals surface area contributed by atoms with E-state index in [9.17, 15) is 0 Å². The highest BCUT2D eigenvalue weighted by atomic mass is 16.5. The number of nitrogens with two attached hydrogens (primary N) is 1. The van der Waals surface area contributed by atoms with Gasteiger partial charge >= 0.3 is 0 Å². The van der Waals surface area contributed by atoms with E-state index in [0.29, 0.717) is 19.8 Å². The molecule has 0 saturated heterocycles. The van der Waals surface area contributed by atoms with E-state index in [4.69, 9.17) is 19.9 Å². The van der Waals surface area contributed by atoms with Gasteiger partial charge in [-0.25, -0.2) is 0 Å². The van der Waals surface area contributed by atoms with Gasteiger partial charge in [0.05, 0.1) is 25.9 Å². The number of hydrogen-bond acceptors (Lipinski definition) is 4. The van der Waals surface area contributed by atoms with Gasteiger partial charge in [0.15, 0.2) is 11.5 Å². The summed E-state index contributed by atoms with van der Waals surface area (Å²) < 4.78 is 16.9. The van der Waals surface area contributed by atoms with Gasteiger partial charge in [-0.1, -0.05) is 25.8 Å². The minimum atomic E-state index is -0.117. The Balaban J connectivity index is 1.86. The van der Waals surface area contributed by atoms with E-state index in [1.54, 1.807) is 0 Å². The minimum Gasteiger partial charge on any atom is -0.490 e. The summed E-state index contributed by atoms with van der Waals surface area (Å²) in [4.78, 5) is 0. The van der Waals surface area contributed by atoms with Gasteiger partial charge in [0.2, 0.25) is 0 Å². The third-order valence-electron chi connectivity index (χ3n) is 3.39. The first-order chi connectivity index (χ1) is 9.81. The summed E-state index contributed by atoms with van der Waals surface area (Å²) >= 11 is 0. The number of unbranched alkanes of at least 4 members (excludes halogenated alkanes) is 2. The van der Waals surface area contributed by atoms with Gasteiger partial charge in [-0.15, -0.1) is 0 Å². The molecule has 1 unspecified atom stereocenters. The first-order valence-electron chi connectivity index (χ1n) is 7.54. The van der Waals surface area contributed by atoms with Crippen LogP contribution in [0, 0.1) is 0 Å². The van der Waals surface area contributed by atoms with Crippen molar-refractivity contribution in [3.05, 3.63) is 23.8 Å². The minimum absolute atomic E-state index is 0.117. The topological polar surface area (TPSA) is 53.7 Å². The van der Waals surface area contributed by atoms with Crippen LogP contribution in [-0.2, 0) is 4.74 Å². The van der Waals surface area contributed by atoms with Crippen molar-refractivity contribution in [1.29, 1.82) is 0 Å². The molecule has 0 radical (unpaired) electrons. The molecule has 0 aliphatic carbocycles. The summed E-state index contributed by atoms with van der Waals surface area (Å²) in [5, 5.41) is 0. The fourth-order valence-corrected chi connectivity index (χ4v) is 2.17. The van der Waals surface area contributed by atoms with Gasteiger partial charge in [-0.05, 0) is 24.1 Å². The van der Waals surface area contributed by atoms with Crippen molar-refractivity contribution in [1.82, 2.24) is 0 Å². The Morgan fingerprint density at radius 3 is 2.80 bits per heavy atom. The molecule has 20 heavy (non-hydrogen) atoms. The van der Waals surface area contributed by atoms with Crippen LogP contribution in [0.1, 0.15) is 44.2 Å². The Morgan fingerprint density at radius 2 is 2.00 bits per heavy atom. The predicted molar refractivity (Wildman–Crippen MR) is 79.3 cm³/mol. The molecule has 0 fully saturated rings. The summed E-state index contributed by atoms with van der Waals surface area (Å²) in [6, 6.07) is 5.79. The Bertz CT molecular complexity index is 409. The van der Waals surface area contributed by atoms with Gasteiger partial charge in [-0.2, -0.15) is 0 Å². The second-order valence-electron chi connectivity index (χ2n) is 5.15. The molecular formula is C16H25NO3. The molecule has 1 heterocycles. The quantitative estimate of drug-likeness (QED) is 0.779. The van der Waals surface area contributed by atoms with Crippen LogP contribution >= 0.6 is 0 Å². The monoisotopic (exact) mass is 279 g/mol. The third kappa shape index (κ3) is 4.39. The molecular weight excluding hydrogens is 254 g/mol. The van der Waals surface area contributed by atoms with Crippen molar-refractivity contribution >= 4 is 0 Å². The highest BCUT2D eigenvalue weighted by Crippen LogP contribution is 2.31. The third-order valence-corrected chi connectivity index (χ3v) is 3.39. The normalized spacial score (nSPS) is 15.7. The van der Waals surface area contributed by atoms with Crippen molar-refractivity contribution in [2.24, 2.45) is 5.73 Å². The Hall–Kier alpha value is -1.26. The summed E-state index contributed by atoms with van der Waals surface area (Å²) in [5.41, 5.74) is 7.19. The molecule has 0 aromatic heterocycles. The molecule has 1 aromatic rings. The maximum atomic E-state index is 6.16. The molecule has 1 aliphatic rings. The molecule has 2 rings (SSSR count). The van der Waals surface area contributed by atoms with Crippen molar-refractivity contribution in [2.45, 2.75) is 38.6 Å². The van der Waals surface area contributed by atoms with Crippen LogP contribution in [-0.4, -0.2) is 26.4 Å². The van der Waals surface area contributed by atoms with Crippen LogP contribution in [0.15, 0.2) is 18.2 Å². The fourth-order valence-electron chi connectivity index (χ4n) is 2.17. The van der Waals surface area contributed by atoms with Crippen molar-refractivity contribution in [3.63, 3.8) is 0 Å². The largest absolute Gasteiger partial charge is 0.490 e. The summed E-state index contributed by atoms with van der Waals surface area (Å²) in [5.74, 6) is 1.60. The summed E-state index contributed by atoms with van der Waals surface area (Å²) in [7, 11) is 0. The lowest BCUT2D eigenvalue weighted by atomic mass is 10.1. The van der Waals surface area contributed by atoms with E-state index in [1.807, 2.05) is 18.2 Å². The SMILES string of the molecule is CCCCCOCC(N)c1ccc2c(c1)OCCCO2. The lowest BCUT2D eigenvalue weighted by molar-refractivity contribution is 0.117. The van der Waals surface area contributed by atoms with Crippen molar-refractivity contribution < 1.29 is 14.2 Å². The predicted octanol–water partition coefficient (Wildman–Crippen LogP) is 3.05. The van der Waals surface area contributed by atoms with Gasteiger partial charge in [0.25, 0.3) is 0 Å². The van der Waals surface area contributed by atoms with Gasteiger partial charge < -0.3 is 19.9 Å². The van der Waals surface area contributed by atoms with Crippen LogP contribution in [0.5, 0.6) is 11.5 Å². The maximum Gasteiger partial charge on any atom is 0.161 e. The zero-order valence-corrected chi connectivity index (χ0v) is 12.3. The highest BCUT2D eigenvalue weighted by Gasteiger charge is 2.13. The fraction of sp³-hybridized carbons (Fsp3) is 0.625. The van der Waals surface area contributed by atoms with Crippen LogP contribution < -0.4 is 15.2 Å². The first-order valence-corrected chi connectivity index (χ1v) is 7.54. The molecule has 1 aliphatic heterocycles. The molecule has 0 amide bonds. The Morgan fingerprint density at radius 1 is 1.20 bits per heavy atom. The van der Waals surface area contributed by atoms with E-state index in [2.05, 4.69) is 6.92 Å². The standard InChI is InChI=1S/C16H25NO3/c1-2-3-4-8-18-12-14(17)13-6-7-15-16(11-13)20-10-5-9-19-15/h6-7,11,14H,2-5,8-10,12,17H2,1H3. The van der Waals surface area contributed by atoms with E-state index in [-0.39, 0.29) is 6.04 Å². The molecule has 4 heteroatoms. The van der Waals surface area contributed by atoms with Crippen LogP contribution in [0.4, 0.5) is 0 Å². The summed E-state index contributed by atoms with van der Waals surface area (Å²) in [6.07, 6.45) is 4.43. The number of hydrogen-bond donors (Lipinski definition) is 1. The smallest absolute Gasteiger partial charge is 0.161 e. The Kier molecular flexibility index (Phi) is 6.15. The zero-order valence-electron chi connectivity index (χ0n) is 12.3. The molecule has 0 spiro atoms. The van der Waals surface area contributed by atoms with Crippen molar-refractivity contribution in [2.75, 3.05) is 26.4 Å². The molecule has 0 bridgehead atoms. The zero-order chi connectivity index (χ0) is 14.2. The molecule has 1 atom stereocenters. The van der Waals surface area contributed by atoms with Gasteiger partial charge in [0.1, 0.15) is 0 Å². The lowest BCUT2D eigenvalue weighted by Crippen LogP contribution is -2.17. The van der Waals surface area contributed by atoms with Crippen LogP contribution in [0.25, 0.3) is 0 Å². The molecule has 2 N–H and O–H groups in total. The van der Waals surface area contributed by atoms with E-state index in [0.717, 1.165) is 36.5 Å². The van der Waals surface area contributed by atoms with Gasteiger partial charge in [-0.3, -0.25) is 0 Å². The maximum absolute atomic E-state index is 6.16. The number of rotatable bonds is 7. The average Bonchev–Trinajstić information content (AvgIpc) is 2.71. The number of benzene rings is 1. The second-order valence-corrected chi connectivity index (χ2v) is 5.15. The van der Waals surface area contributed by atoms with Gasteiger partial charge in [0, 0.05) is 13.0 Å². The van der Waals surface area contributed by atoms with Crippen LogP contribution in [0.3, 0.4) is 0 Å². The molecule has 0 saturated carbocycles.